The molecule has 0 spiro atoms. The normalized spacial score (nSPS) is 16.8. The van der Waals surface area contributed by atoms with Crippen LogP contribution in [0.2, 0.25) is 0 Å². The number of aromatic nitrogens is 2. The fraction of sp³-hybridized carbons (Fsp3) is 0.294. The van der Waals surface area contributed by atoms with Crippen LogP contribution >= 0.6 is 0 Å². The summed E-state index contributed by atoms with van der Waals surface area (Å²) in [6.45, 7) is 0.687. The van der Waals surface area contributed by atoms with Gasteiger partial charge < -0.3 is 15.0 Å². The number of rotatable bonds is 5. The zero-order valence-corrected chi connectivity index (χ0v) is 13.6. The third-order valence-electron chi connectivity index (χ3n) is 3.89. The minimum atomic E-state index is -0.354. The number of likely N-dealkylation sites (tertiary alicyclic amines) is 1. The van der Waals surface area contributed by atoms with Gasteiger partial charge in [-0.1, -0.05) is 12.1 Å². The summed E-state index contributed by atoms with van der Waals surface area (Å²) >= 11 is 0. The van der Waals surface area contributed by atoms with Crippen molar-refractivity contribution in [2.75, 3.05) is 13.7 Å². The summed E-state index contributed by atoms with van der Waals surface area (Å²) in [5, 5.41) is 2.79. The first-order valence-electron chi connectivity index (χ1n) is 7.74. The third kappa shape index (κ3) is 4.09. The lowest BCUT2D eigenvalue weighted by Crippen LogP contribution is -2.37. The van der Waals surface area contributed by atoms with E-state index in [9.17, 15) is 14.0 Å². The van der Waals surface area contributed by atoms with Crippen molar-refractivity contribution in [3.05, 3.63) is 53.6 Å². The predicted octanol–water partition coefficient (Wildman–Crippen LogP) is 1.16. The Hall–Kier alpha value is -3.03. The summed E-state index contributed by atoms with van der Waals surface area (Å²) in [6, 6.07) is 5.98. The van der Waals surface area contributed by atoms with Crippen LogP contribution in [0.5, 0.6) is 6.01 Å². The Balaban J connectivity index is 1.59. The number of carbonyl (C=O) groups is 2. The molecule has 1 fully saturated rings. The second-order valence-corrected chi connectivity index (χ2v) is 5.74. The highest BCUT2D eigenvalue weighted by Crippen LogP contribution is 2.16. The topological polar surface area (TPSA) is 84.4 Å². The van der Waals surface area contributed by atoms with Crippen molar-refractivity contribution < 1.29 is 18.7 Å². The minimum absolute atomic E-state index is 0.0828. The second-order valence-electron chi connectivity index (χ2n) is 5.74. The van der Waals surface area contributed by atoms with Crippen LogP contribution in [-0.4, -0.2) is 46.4 Å². The van der Waals surface area contributed by atoms with E-state index in [4.69, 9.17) is 4.74 Å². The highest BCUT2D eigenvalue weighted by molar-refractivity contribution is 5.94. The molecule has 7 nitrogen and oxygen atoms in total. The van der Waals surface area contributed by atoms with Gasteiger partial charge in [0.15, 0.2) is 0 Å². The van der Waals surface area contributed by atoms with E-state index in [1.165, 1.54) is 31.6 Å². The molecule has 2 aromatic rings. The zero-order valence-electron chi connectivity index (χ0n) is 13.6. The fourth-order valence-corrected chi connectivity index (χ4v) is 2.68. The van der Waals surface area contributed by atoms with Crippen molar-refractivity contribution in [3.63, 3.8) is 0 Å². The molecule has 3 rings (SSSR count). The smallest absolute Gasteiger partial charge is 0.316 e. The van der Waals surface area contributed by atoms with Gasteiger partial charge in [-0.3, -0.25) is 9.59 Å². The fourth-order valence-electron chi connectivity index (χ4n) is 2.68. The molecule has 2 heterocycles. The molecular formula is C17H17FN4O3. The lowest BCUT2D eigenvalue weighted by Gasteiger charge is -2.17. The Morgan fingerprint density at radius 2 is 2.16 bits per heavy atom. The maximum atomic E-state index is 13.2. The highest BCUT2D eigenvalue weighted by Gasteiger charge is 2.30. The van der Waals surface area contributed by atoms with Gasteiger partial charge in [-0.25, -0.2) is 14.4 Å². The number of nitrogens with one attached hydrogen (secondary N) is 1. The van der Waals surface area contributed by atoms with E-state index in [1.54, 1.807) is 17.0 Å². The number of nitrogens with zero attached hydrogens (tertiary/aromatic N) is 3. The largest absolute Gasteiger partial charge is 0.467 e. The number of halogens is 1. The van der Waals surface area contributed by atoms with Crippen LogP contribution in [-0.2, 0) is 11.3 Å². The summed E-state index contributed by atoms with van der Waals surface area (Å²) in [6.07, 6.45) is 2.93. The van der Waals surface area contributed by atoms with Crippen molar-refractivity contribution in [1.82, 2.24) is 20.2 Å². The van der Waals surface area contributed by atoms with Gasteiger partial charge >= 0.3 is 6.01 Å². The van der Waals surface area contributed by atoms with Gasteiger partial charge in [-0.15, -0.1) is 0 Å². The number of hydrogen-bond donors (Lipinski definition) is 1. The van der Waals surface area contributed by atoms with Crippen molar-refractivity contribution in [3.8, 4) is 6.01 Å². The van der Waals surface area contributed by atoms with Crippen LogP contribution in [0.3, 0.4) is 0 Å². The van der Waals surface area contributed by atoms with Crippen molar-refractivity contribution >= 4 is 11.8 Å². The van der Waals surface area contributed by atoms with Gasteiger partial charge in [0, 0.05) is 31.9 Å². The summed E-state index contributed by atoms with van der Waals surface area (Å²) in [4.78, 5) is 33.7. The Kier molecular flexibility index (Phi) is 4.87. The number of amides is 2. The second kappa shape index (κ2) is 7.25. The van der Waals surface area contributed by atoms with E-state index in [1.807, 2.05) is 0 Å². The molecule has 0 saturated carbocycles. The average molecular weight is 344 g/mol. The van der Waals surface area contributed by atoms with Crippen LogP contribution in [0, 0.1) is 5.82 Å². The molecule has 0 unspecified atom stereocenters. The van der Waals surface area contributed by atoms with E-state index < -0.39 is 0 Å². The van der Waals surface area contributed by atoms with Crippen LogP contribution in [0.25, 0.3) is 0 Å². The molecule has 2 amide bonds. The summed E-state index contributed by atoms with van der Waals surface area (Å²) < 4.78 is 18.1. The first kappa shape index (κ1) is 16.8. The minimum Gasteiger partial charge on any atom is -0.467 e. The van der Waals surface area contributed by atoms with Gasteiger partial charge in [-0.2, -0.15) is 0 Å². The van der Waals surface area contributed by atoms with Crippen LogP contribution in [0.4, 0.5) is 4.39 Å². The number of ether oxygens (including phenoxy) is 1. The SMILES string of the molecule is COc1ncc(C(=O)N[C@@H]2CC(=O)N(Cc3cccc(F)c3)C2)cn1. The molecule has 8 heteroatoms. The standard InChI is InChI=1S/C17H17FN4O3/c1-25-17-19-7-12(8-20-17)16(24)21-14-6-15(23)22(10-14)9-11-3-2-4-13(18)5-11/h2-5,7-8,14H,6,9-10H2,1H3,(H,21,24)/t14-/m1/s1. The lowest BCUT2D eigenvalue weighted by molar-refractivity contribution is -0.128. The maximum absolute atomic E-state index is 13.2. The molecule has 1 saturated heterocycles. The van der Waals surface area contributed by atoms with E-state index in [2.05, 4.69) is 15.3 Å². The summed E-state index contributed by atoms with van der Waals surface area (Å²) in [5.74, 6) is -0.776. The molecule has 1 aliphatic rings. The molecule has 1 aromatic carbocycles. The monoisotopic (exact) mass is 344 g/mol. The van der Waals surface area contributed by atoms with Crippen molar-refractivity contribution in [2.24, 2.45) is 0 Å². The van der Waals surface area contributed by atoms with Crippen LogP contribution in [0.15, 0.2) is 36.7 Å². The molecule has 1 atom stereocenters. The number of hydrogen-bond acceptors (Lipinski definition) is 5. The van der Waals surface area contributed by atoms with E-state index in [-0.39, 0.29) is 41.7 Å². The first-order valence-corrected chi connectivity index (χ1v) is 7.74. The van der Waals surface area contributed by atoms with Gasteiger partial charge in [0.1, 0.15) is 5.82 Å². The van der Waals surface area contributed by atoms with Crippen molar-refractivity contribution in [2.45, 2.75) is 19.0 Å². The molecule has 25 heavy (non-hydrogen) atoms. The van der Waals surface area contributed by atoms with E-state index in [0.717, 1.165) is 0 Å². The average Bonchev–Trinajstić information content (AvgIpc) is 2.94. The van der Waals surface area contributed by atoms with E-state index >= 15 is 0 Å². The van der Waals surface area contributed by atoms with Crippen LogP contribution in [0.1, 0.15) is 22.3 Å². The van der Waals surface area contributed by atoms with Gasteiger partial charge in [0.25, 0.3) is 5.91 Å². The first-order chi connectivity index (χ1) is 12.0. The van der Waals surface area contributed by atoms with Gasteiger partial charge in [0.2, 0.25) is 5.91 Å². The molecule has 1 aromatic heterocycles. The summed E-state index contributed by atoms with van der Waals surface area (Å²) in [5.41, 5.74) is 1.00. The predicted molar refractivity (Wildman–Crippen MR) is 86.3 cm³/mol. The van der Waals surface area contributed by atoms with Gasteiger partial charge in [0.05, 0.1) is 18.7 Å². The molecular weight excluding hydrogens is 327 g/mol. The quantitative estimate of drug-likeness (QED) is 0.880. The lowest BCUT2D eigenvalue weighted by atomic mass is 10.2. The molecule has 130 valence electrons. The Morgan fingerprint density at radius 1 is 1.40 bits per heavy atom. The molecule has 0 aliphatic carbocycles. The number of benzene rings is 1. The van der Waals surface area contributed by atoms with Crippen LogP contribution < -0.4 is 10.1 Å². The number of carbonyl (C=O) groups excluding carboxylic acids is 2. The Morgan fingerprint density at radius 3 is 2.84 bits per heavy atom. The Bertz CT molecular complexity index is 782. The molecule has 1 N–H and O–H groups in total. The zero-order chi connectivity index (χ0) is 17.8. The molecule has 0 bridgehead atoms. The molecule has 0 radical (unpaired) electrons. The molecule has 1 aliphatic heterocycles. The summed E-state index contributed by atoms with van der Waals surface area (Å²) in [7, 11) is 1.44. The Labute approximate surface area is 143 Å². The third-order valence-corrected chi connectivity index (χ3v) is 3.89. The van der Waals surface area contributed by atoms with Crippen molar-refractivity contribution in [1.29, 1.82) is 0 Å². The van der Waals surface area contributed by atoms with Gasteiger partial charge in [-0.05, 0) is 17.7 Å². The highest BCUT2D eigenvalue weighted by atomic mass is 19.1. The van der Waals surface area contributed by atoms with E-state index in [0.29, 0.717) is 18.7 Å². The number of methoxy groups -OCH3 is 1. The maximum Gasteiger partial charge on any atom is 0.316 e.